The molecule has 2 saturated heterocycles. The van der Waals surface area contributed by atoms with Crippen LogP contribution in [0.2, 0.25) is 0 Å². The lowest BCUT2D eigenvalue weighted by molar-refractivity contribution is -0.132. The van der Waals surface area contributed by atoms with Crippen LogP contribution in [0.25, 0.3) is 0 Å². The Hall–Kier alpha value is -2.89. The Morgan fingerprint density at radius 3 is 2.32 bits per heavy atom. The van der Waals surface area contributed by atoms with Crippen molar-refractivity contribution in [2.24, 2.45) is 5.92 Å². The highest BCUT2D eigenvalue weighted by atomic mass is 19.1. The number of nitrogens with zero attached hydrogens (tertiary/aromatic N) is 2. The number of rotatable bonds is 6. The molecule has 0 N–H and O–H groups in total. The highest BCUT2D eigenvalue weighted by Gasteiger charge is 2.25. The standard InChI is InChI=1S/C25H29FN2O3/c26-22-9-3-1-7-20(22)17-24(29)27-15-11-19(12-16-27)18-31-23-10-4-2-8-21(23)25(30)28-13-5-6-14-28/h1-4,7-10,19H,5-6,11-18H2. The fourth-order valence-electron chi connectivity index (χ4n) is 4.33. The van der Waals surface area contributed by atoms with Crippen molar-refractivity contribution in [1.82, 2.24) is 9.80 Å². The van der Waals surface area contributed by atoms with Crippen LogP contribution in [-0.4, -0.2) is 54.4 Å². The molecule has 2 aliphatic heterocycles. The van der Waals surface area contributed by atoms with Crippen molar-refractivity contribution < 1.29 is 18.7 Å². The van der Waals surface area contributed by atoms with Crippen LogP contribution in [0.15, 0.2) is 48.5 Å². The summed E-state index contributed by atoms with van der Waals surface area (Å²) in [6, 6.07) is 13.9. The Labute approximate surface area is 182 Å². The van der Waals surface area contributed by atoms with E-state index in [-0.39, 0.29) is 24.1 Å². The molecule has 0 saturated carbocycles. The monoisotopic (exact) mass is 424 g/mol. The molecule has 0 spiro atoms. The van der Waals surface area contributed by atoms with Gasteiger partial charge in [-0.2, -0.15) is 0 Å². The molecule has 2 aliphatic rings. The van der Waals surface area contributed by atoms with Crippen molar-refractivity contribution in [2.45, 2.75) is 32.1 Å². The molecule has 0 aromatic heterocycles. The van der Waals surface area contributed by atoms with Gasteiger partial charge < -0.3 is 14.5 Å². The molecule has 2 fully saturated rings. The van der Waals surface area contributed by atoms with Gasteiger partial charge in [0.1, 0.15) is 11.6 Å². The Morgan fingerprint density at radius 2 is 1.58 bits per heavy atom. The fraction of sp³-hybridized carbons (Fsp3) is 0.440. The molecule has 2 heterocycles. The van der Waals surface area contributed by atoms with Crippen molar-refractivity contribution in [2.75, 3.05) is 32.8 Å². The highest BCUT2D eigenvalue weighted by molar-refractivity contribution is 5.97. The summed E-state index contributed by atoms with van der Waals surface area (Å²) in [6.45, 7) is 3.45. The third kappa shape index (κ3) is 5.24. The largest absolute Gasteiger partial charge is 0.492 e. The van der Waals surface area contributed by atoms with Crippen LogP contribution in [0.5, 0.6) is 5.75 Å². The molecule has 164 valence electrons. The third-order valence-corrected chi connectivity index (χ3v) is 6.25. The van der Waals surface area contributed by atoms with E-state index in [0.29, 0.717) is 42.5 Å². The first-order valence-corrected chi connectivity index (χ1v) is 11.1. The average molecular weight is 425 g/mol. The number of likely N-dealkylation sites (tertiary alicyclic amines) is 2. The Kier molecular flexibility index (Phi) is 6.85. The summed E-state index contributed by atoms with van der Waals surface area (Å²) in [5.41, 5.74) is 1.07. The van der Waals surface area contributed by atoms with E-state index in [2.05, 4.69) is 0 Å². The molecule has 5 nitrogen and oxygen atoms in total. The molecule has 0 atom stereocenters. The minimum absolute atomic E-state index is 0.0361. The lowest BCUT2D eigenvalue weighted by atomic mass is 9.97. The van der Waals surface area contributed by atoms with Crippen LogP contribution in [-0.2, 0) is 11.2 Å². The van der Waals surface area contributed by atoms with Gasteiger partial charge in [-0.3, -0.25) is 9.59 Å². The summed E-state index contributed by atoms with van der Waals surface area (Å²) in [6.07, 6.45) is 3.89. The number of carbonyl (C=O) groups excluding carboxylic acids is 2. The molecule has 0 unspecified atom stereocenters. The molecule has 0 bridgehead atoms. The summed E-state index contributed by atoms with van der Waals surface area (Å²) in [5, 5.41) is 0. The van der Waals surface area contributed by atoms with E-state index in [9.17, 15) is 14.0 Å². The summed E-state index contributed by atoms with van der Waals surface area (Å²) in [7, 11) is 0. The predicted molar refractivity (Wildman–Crippen MR) is 116 cm³/mol. The van der Waals surface area contributed by atoms with Crippen LogP contribution in [0, 0.1) is 11.7 Å². The van der Waals surface area contributed by atoms with Gasteiger partial charge in [-0.1, -0.05) is 30.3 Å². The van der Waals surface area contributed by atoms with Gasteiger partial charge in [-0.25, -0.2) is 4.39 Å². The Balaban J connectivity index is 1.28. The molecule has 2 amide bonds. The average Bonchev–Trinajstić information content (AvgIpc) is 3.34. The number of ether oxygens (including phenoxy) is 1. The molecular weight excluding hydrogens is 395 g/mol. The summed E-state index contributed by atoms with van der Waals surface area (Å²) in [5.74, 6) is 0.638. The van der Waals surface area contributed by atoms with Gasteiger partial charge in [0.15, 0.2) is 0 Å². The van der Waals surface area contributed by atoms with Crippen molar-refractivity contribution in [3.63, 3.8) is 0 Å². The van der Waals surface area contributed by atoms with E-state index in [0.717, 1.165) is 38.8 Å². The Bertz CT molecular complexity index is 918. The number of carbonyl (C=O) groups is 2. The van der Waals surface area contributed by atoms with Gasteiger partial charge in [-0.15, -0.1) is 0 Å². The second kappa shape index (κ2) is 9.94. The zero-order valence-corrected chi connectivity index (χ0v) is 17.8. The van der Waals surface area contributed by atoms with Gasteiger partial charge in [0.05, 0.1) is 18.6 Å². The minimum atomic E-state index is -0.332. The van der Waals surface area contributed by atoms with Gasteiger partial charge in [0.25, 0.3) is 5.91 Å². The quantitative estimate of drug-likeness (QED) is 0.706. The molecular formula is C25H29FN2O3. The lowest BCUT2D eigenvalue weighted by Crippen LogP contribution is -2.40. The van der Waals surface area contributed by atoms with Crippen LogP contribution >= 0.6 is 0 Å². The van der Waals surface area contributed by atoms with E-state index in [4.69, 9.17) is 4.74 Å². The third-order valence-electron chi connectivity index (χ3n) is 6.25. The minimum Gasteiger partial charge on any atom is -0.492 e. The maximum atomic E-state index is 13.8. The predicted octanol–water partition coefficient (Wildman–Crippen LogP) is 3.92. The van der Waals surface area contributed by atoms with Gasteiger partial charge in [-0.05, 0) is 55.4 Å². The number of hydrogen-bond donors (Lipinski definition) is 0. The van der Waals surface area contributed by atoms with Crippen molar-refractivity contribution in [3.05, 3.63) is 65.5 Å². The Morgan fingerprint density at radius 1 is 0.903 bits per heavy atom. The molecule has 6 heteroatoms. The van der Waals surface area contributed by atoms with Crippen LogP contribution in [0.1, 0.15) is 41.6 Å². The molecule has 2 aromatic rings. The zero-order chi connectivity index (χ0) is 21.6. The van der Waals surface area contributed by atoms with Gasteiger partial charge >= 0.3 is 0 Å². The maximum Gasteiger partial charge on any atom is 0.257 e. The van der Waals surface area contributed by atoms with E-state index in [1.165, 1.54) is 6.07 Å². The van der Waals surface area contributed by atoms with Crippen LogP contribution in [0.3, 0.4) is 0 Å². The molecule has 31 heavy (non-hydrogen) atoms. The van der Waals surface area contributed by atoms with Crippen molar-refractivity contribution >= 4 is 11.8 Å². The van der Waals surface area contributed by atoms with E-state index >= 15 is 0 Å². The second-order valence-electron chi connectivity index (χ2n) is 8.40. The van der Waals surface area contributed by atoms with E-state index < -0.39 is 0 Å². The maximum absolute atomic E-state index is 13.8. The molecule has 0 aliphatic carbocycles. The van der Waals surface area contributed by atoms with Gasteiger partial charge in [0, 0.05) is 26.2 Å². The second-order valence-corrected chi connectivity index (χ2v) is 8.40. The van der Waals surface area contributed by atoms with E-state index in [1.807, 2.05) is 34.1 Å². The number of para-hydroxylation sites is 1. The summed E-state index contributed by atoms with van der Waals surface area (Å²) in [4.78, 5) is 29.0. The first-order chi connectivity index (χ1) is 15.1. The molecule has 2 aromatic carbocycles. The highest BCUT2D eigenvalue weighted by Crippen LogP contribution is 2.25. The van der Waals surface area contributed by atoms with Crippen molar-refractivity contribution in [3.8, 4) is 5.75 Å². The normalized spacial score (nSPS) is 17.1. The summed E-state index contributed by atoms with van der Waals surface area (Å²) >= 11 is 0. The van der Waals surface area contributed by atoms with Crippen LogP contribution < -0.4 is 4.74 Å². The molecule has 0 radical (unpaired) electrons. The van der Waals surface area contributed by atoms with Crippen molar-refractivity contribution in [1.29, 1.82) is 0 Å². The number of halogens is 1. The van der Waals surface area contributed by atoms with E-state index in [1.54, 1.807) is 18.2 Å². The number of amides is 2. The number of hydrogen-bond acceptors (Lipinski definition) is 3. The number of piperidine rings is 1. The topological polar surface area (TPSA) is 49.9 Å². The molecule has 4 rings (SSSR count). The SMILES string of the molecule is O=C(Cc1ccccc1F)N1CCC(COc2ccccc2C(=O)N2CCCC2)CC1. The van der Waals surface area contributed by atoms with Gasteiger partial charge in [0.2, 0.25) is 5.91 Å². The zero-order valence-electron chi connectivity index (χ0n) is 17.8. The summed E-state index contributed by atoms with van der Waals surface area (Å²) < 4.78 is 19.9. The smallest absolute Gasteiger partial charge is 0.257 e. The number of benzene rings is 2. The lowest BCUT2D eigenvalue weighted by Gasteiger charge is -2.32. The first-order valence-electron chi connectivity index (χ1n) is 11.1. The fourth-order valence-corrected chi connectivity index (χ4v) is 4.33. The first kappa shape index (κ1) is 21.3. The van der Waals surface area contributed by atoms with Crippen LogP contribution in [0.4, 0.5) is 4.39 Å².